The minimum Gasteiger partial charge on any atom is -0.494 e. The van der Waals surface area contributed by atoms with Crippen LogP contribution in [0.15, 0.2) is 66.7 Å². The molecule has 36 heavy (non-hydrogen) atoms. The Labute approximate surface area is 210 Å². The van der Waals surface area contributed by atoms with Gasteiger partial charge in [-0.15, -0.1) is 0 Å². The van der Waals surface area contributed by atoms with Gasteiger partial charge in [0.15, 0.2) is 6.61 Å². The highest BCUT2D eigenvalue weighted by Crippen LogP contribution is 2.25. The molecule has 3 aromatic carbocycles. The number of benzene rings is 3. The molecule has 3 rings (SSSR count). The molecular formula is C28H30N2O6. The Bertz CT molecular complexity index is 1170. The summed E-state index contributed by atoms with van der Waals surface area (Å²) in [5.41, 5.74) is 3.36. The van der Waals surface area contributed by atoms with Crippen LogP contribution in [0.1, 0.15) is 30.9 Å². The van der Waals surface area contributed by atoms with Crippen LogP contribution in [0.25, 0.3) is 0 Å². The van der Waals surface area contributed by atoms with E-state index in [1.54, 1.807) is 48.5 Å². The lowest BCUT2D eigenvalue weighted by Crippen LogP contribution is -2.21. The average molecular weight is 491 g/mol. The maximum atomic E-state index is 12.2. The molecule has 2 amide bonds. The molecule has 0 aromatic heterocycles. The van der Waals surface area contributed by atoms with Gasteiger partial charge in [0.1, 0.15) is 17.2 Å². The van der Waals surface area contributed by atoms with E-state index < -0.39 is 18.5 Å². The molecular weight excluding hydrogens is 460 g/mol. The van der Waals surface area contributed by atoms with Crippen molar-refractivity contribution in [2.24, 2.45) is 0 Å². The Balaban J connectivity index is 1.36. The van der Waals surface area contributed by atoms with Gasteiger partial charge in [0.25, 0.3) is 5.91 Å². The van der Waals surface area contributed by atoms with Gasteiger partial charge in [0, 0.05) is 17.8 Å². The first-order chi connectivity index (χ1) is 17.3. The van der Waals surface area contributed by atoms with Crippen molar-refractivity contribution in [2.45, 2.75) is 33.6 Å². The van der Waals surface area contributed by atoms with Crippen LogP contribution in [0, 0.1) is 13.8 Å². The molecule has 0 fully saturated rings. The zero-order valence-electron chi connectivity index (χ0n) is 20.6. The van der Waals surface area contributed by atoms with E-state index in [-0.39, 0.29) is 18.7 Å². The lowest BCUT2D eigenvalue weighted by Gasteiger charge is -2.10. The van der Waals surface area contributed by atoms with Crippen LogP contribution in [0.3, 0.4) is 0 Å². The lowest BCUT2D eigenvalue weighted by atomic mass is 10.1. The second-order valence-electron chi connectivity index (χ2n) is 8.16. The van der Waals surface area contributed by atoms with E-state index in [1.165, 1.54) is 0 Å². The Hall–Kier alpha value is -4.33. The summed E-state index contributed by atoms with van der Waals surface area (Å²) < 4.78 is 16.2. The summed E-state index contributed by atoms with van der Waals surface area (Å²) >= 11 is 0. The van der Waals surface area contributed by atoms with E-state index in [0.29, 0.717) is 29.5 Å². The SMILES string of the molecule is CCOc1ccc(NC(=O)COC(=O)CCC(=O)Nc2ccc(Oc3cc(C)cc(C)c3)cc2)cc1. The molecule has 0 aliphatic rings. The number of aryl methyl sites for hydroxylation is 2. The molecule has 0 bridgehead atoms. The van der Waals surface area contributed by atoms with Gasteiger partial charge < -0.3 is 24.8 Å². The minimum absolute atomic E-state index is 0.0693. The number of amides is 2. The molecule has 0 radical (unpaired) electrons. The monoisotopic (exact) mass is 490 g/mol. The fourth-order valence-electron chi connectivity index (χ4n) is 3.39. The summed E-state index contributed by atoms with van der Waals surface area (Å²) in [5, 5.41) is 5.35. The summed E-state index contributed by atoms with van der Waals surface area (Å²) in [6.45, 7) is 6.01. The molecule has 0 aliphatic heterocycles. The summed E-state index contributed by atoms with van der Waals surface area (Å²) in [5.74, 6) is 0.640. The molecule has 0 saturated heterocycles. The van der Waals surface area contributed by atoms with E-state index in [9.17, 15) is 14.4 Å². The smallest absolute Gasteiger partial charge is 0.306 e. The van der Waals surface area contributed by atoms with E-state index >= 15 is 0 Å². The van der Waals surface area contributed by atoms with Crippen LogP contribution in [0.5, 0.6) is 17.2 Å². The number of anilines is 2. The first-order valence-electron chi connectivity index (χ1n) is 11.6. The maximum Gasteiger partial charge on any atom is 0.306 e. The number of carbonyl (C=O) groups excluding carboxylic acids is 3. The molecule has 0 heterocycles. The molecule has 0 aliphatic carbocycles. The minimum atomic E-state index is -0.635. The van der Waals surface area contributed by atoms with Crippen molar-refractivity contribution in [1.29, 1.82) is 0 Å². The maximum absolute atomic E-state index is 12.2. The Morgan fingerprint density at radius 3 is 1.83 bits per heavy atom. The first-order valence-corrected chi connectivity index (χ1v) is 11.6. The Kier molecular flexibility index (Phi) is 9.45. The largest absolute Gasteiger partial charge is 0.494 e. The molecule has 8 heteroatoms. The molecule has 3 aromatic rings. The topological polar surface area (TPSA) is 103 Å². The predicted octanol–water partition coefficient (Wildman–Crippen LogP) is 5.40. The fourth-order valence-corrected chi connectivity index (χ4v) is 3.39. The third-order valence-electron chi connectivity index (χ3n) is 4.94. The molecule has 0 spiro atoms. The Morgan fingerprint density at radius 2 is 1.25 bits per heavy atom. The molecule has 8 nitrogen and oxygen atoms in total. The van der Waals surface area contributed by atoms with Crippen molar-refractivity contribution >= 4 is 29.2 Å². The zero-order valence-corrected chi connectivity index (χ0v) is 20.6. The van der Waals surface area contributed by atoms with Gasteiger partial charge in [-0.05, 0) is 92.6 Å². The predicted molar refractivity (Wildman–Crippen MR) is 137 cm³/mol. The fraction of sp³-hybridized carbons (Fsp3) is 0.250. The highest BCUT2D eigenvalue weighted by atomic mass is 16.5. The van der Waals surface area contributed by atoms with E-state index in [4.69, 9.17) is 14.2 Å². The van der Waals surface area contributed by atoms with Crippen molar-refractivity contribution in [3.8, 4) is 17.2 Å². The van der Waals surface area contributed by atoms with Crippen molar-refractivity contribution in [1.82, 2.24) is 0 Å². The standard InChI is InChI=1S/C28H30N2O6/c1-4-34-23-9-5-22(6-10-23)30-27(32)18-35-28(33)14-13-26(31)29-21-7-11-24(12-8-21)36-25-16-19(2)15-20(3)17-25/h5-12,15-17H,4,13-14,18H2,1-3H3,(H,29,31)(H,30,32). The quantitative estimate of drug-likeness (QED) is 0.349. The summed E-state index contributed by atoms with van der Waals surface area (Å²) in [6.07, 6.45) is -0.212. The molecule has 0 atom stereocenters. The van der Waals surface area contributed by atoms with Crippen LogP contribution in [0.4, 0.5) is 11.4 Å². The average Bonchev–Trinajstić information content (AvgIpc) is 2.83. The van der Waals surface area contributed by atoms with Crippen molar-refractivity contribution < 1.29 is 28.6 Å². The van der Waals surface area contributed by atoms with Crippen molar-refractivity contribution in [3.63, 3.8) is 0 Å². The van der Waals surface area contributed by atoms with Crippen LogP contribution in [0.2, 0.25) is 0 Å². The van der Waals surface area contributed by atoms with E-state index in [1.807, 2.05) is 32.9 Å². The van der Waals surface area contributed by atoms with Crippen LogP contribution >= 0.6 is 0 Å². The highest BCUT2D eigenvalue weighted by Gasteiger charge is 2.11. The van der Waals surface area contributed by atoms with Gasteiger partial charge in [-0.2, -0.15) is 0 Å². The van der Waals surface area contributed by atoms with Gasteiger partial charge >= 0.3 is 5.97 Å². The third kappa shape index (κ3) is 8.79. The van der Waals surface area contributed by atoms with Crippen molar-refractivity contribution in [2.75, 3.05) is 23.8 Å². The molecule has 0 saturated carbocycles. The molecule has 188 valence electrons. The number of hydrogen-bond acceptors (Lipinski definition) is 6. The van der Waals surface area contributed by atoms with Gasteiger partial charge in [-0.1, -0.05) is 6.07 Å². The first kappa shape index (κ1) is 26.3. The number of nitrogens with one attached hydrogen (secondary N) is 2. The number of rotatable bonds is 11. The number of carbonyl (C=O) groups is 3. The molecule has 2 N–H and O–H groups in total. The van der Waals surface area contributed by atoms with Crippen molar-refractivity contribution in [3.05, 3.63) is 77.9 Å². The second-order valence-corrected chi connectivity index (χ2v) is 8.16. The van der Waals surface area contributed by atoms with Crippen LogP contribution < -0.4 is 20.1 Å². The van der Waals surface area contributed by atoms with E-state index in [0.717, 1.165) is 16.9 Å². The van der Waals surface area contributed by atoms with Gasteiger partial charge in [0.2, 0.25) is 5.91 Å². The summed E-state index contributed by atoms with van der Waals surface area (Å²) in [7, 11) is 0. The number of hydrogen-bond donors (Lipinski definition) is 2. The Morgan fingerprint density at radius 1 is 0.694 bits per heavy atom. The third-order valence-corrected chi connectivity index (χ3v) is 4.94. The normalized spacial score (nSPS) is 10.3. The van der Waals surface area contributed by atoms with Crippen LogP contribution in [-0.4, -0.2) is 31.0 Å². The van der Waals surface area contributed by atoms with E-state index in [2.05, 4.69) is 16.7 Å². The van der Waals surface area contributed by atoms with Gasteiger partial charge in [0.05, 0.1) is 13.0 Å². The summed E-state index contributed by atoms with van der Waals surface area (Å²) in [6, 6.07) is 19.8. The highest BCUT2D eigenvalue weighted by molar-refractivity contribution is 5.94. The zero-order chi connectivity index (χ0) is 25.9. The number of esters is 1. The number of ether oxygens (including phenoxy) is 3. The second kappa shape index (κ2) is 12.9. The lowest BCUT2D eigenvalue weighted by molar-refractivity contribution is -0.147. The summed E-state index contributed by atoms with van der Waals surface area (Å²) in [4.78, 5) is 36.1. The molecule has 0 unspecified atom stereocenters. The van der Waals surface area contributed by atoms with Crippen LogP contribution in [-0.2, 0) is 19.1 Å². The van der Waals surface area contributed by atoms with Gasteiger partial charge in [-0.3, -0.25) is 14.4 Å². The van der Waals surface area contributed by atoms with Gasteiger partial charge in [-0.25, -0.2) is 0 Å².